The monoisotopic (exact) mass is 366 g/mol. The van der Waals surface area contributed by atoms with E-state index in [4.69, 9.17) is 11.6 Å². The Balaban J connectivity index is 1.64. The maximum atomic E-state index is 12.4. The highest BCUT2D eigenvalue weighted by molar-refractivity contribution is 6.31. The zero-order valence-corrected chi connectivity index (χ0v) is 15.3. The van der Waals surface area contributed by atoms with Gasteiger partial charge in [0, 0.05) is 29.6 Å². The fourth-order valence-electron chi connectivity index (χ4n) is 2.46. The van der Waals surface area contributed by atoms with Crippen molar-refractivity contribution < 1.29 is 4.79 Å². The molecule has 1 aromatic heterocycles. The summed E-state index contributed by atoms with van der Waals surface area (Å²) < 4.78 is 0. The number of hydrogen-bond acceptors (Lipinski definition) is 4. The van der Waals surface area contributed by atoms with E-state index in [-0.39, 0.29) is 5.91 Å². The first-order chi connectivity index (χ1) is 12.5. The van der Waals surface area contributed by atoms with Crippen molar-refractivity contribution in [1.82, 2.24) is 9.97 Å². The highest BCUT2D eigenvalue weighted by atomic mass is 35.5. The molecule has 0 atom stereocenters. The van der Waals surface area contributed by atoms with Crippen LogP contribution in [0.1, 0.15) is 27.0 Å². The van der Waals surface area contributed by atoms with E-state index in [9.17, 15) is 4.79 Å². The number of nitrogens with zero attached hydrogens (tertiary/aromatic N) is 2. The zero-order chi connectivity index (χ0) is 18.5. The van der Waals surface area contributed by atoms with E-state index < -0.39 is 0 Å². The van der Waals surface area contributed by atoms with E-state index in [0.29, 0.717) is 28.8 Å². The molecule has 5 nitrogen and oxygen atoms in total. The van der Waals surface area contributed by atoms with Crippen molar-refractivity contribution in [3.63, 3.8) is 0 Å². The lowest BCUT2D eigenvalue weighted by molar-refractivity contribution is 0.102. The molecule has 0 unspecified atom stereocenters. The van der Waals surface area contributed by atoms with E-state index in [1.165, 1.54) is 23.5 Å². The van der Waals surface area contributed by atoms with E-state index in [1.54, 1.807) is 18.2 Å². The van der Waals surface area contributed by atoms with Crippen molar-refractivity contribution in [1.29, 1.82) is 0 Å². The molecule has 2 aromatic carbocycles. The molecule has 6 heteroatoms. The predicted molar refractivity (Wildman–Crippen MR) is 105 cm³/mol. The summed E-state index contributed by atoms with van der Waals surface area (Å²) in [5.74, 6) is 0.199. The Kier molecular flexibility index (Phi) is 5.49. The van der Waals surface area contributed by atoms with Gasteiger partial charge in [-0.2, -0.15) is 0 Å². The smallest absolute Gasteiger partial charge is 0.258 e. The maximum absolute atomic E-state index is 12.4. The molecule has 0 aliphatic rings. The molecule has 0 spiro atoms. The number of carbonyl (C=O) groups excluding carboxylic acids is 1. The molecule has 0 radical (unpaired) electrons. The Hall–Kier alpha value is -2.92. The molecule has 2 N–H and O–H groups in total. The maximum Gasteiger partial charge on any atom is 0.258 e. The van der Waals surface area contributed by atoms with Gasteiger partial charge >= 0.3 is 0 Å². The number of hydrogen-bond donors (Lipinski definition) is 2. The summed E-state index contributed by atoms with van der Waals surface area (Å²) >= 11 is 6.08. The fraction of sp³-hybridized carbons (Fsp3) is 0.150. The standard InChI is InChI=1S/C20H19ClN4O/c1-13-6-3-4-7-15(13)10-22-20-23-11-16(12-24-20)19(26)25-18-9-5-8-17(21)14(18)2/h3-9,11-12H,10H2,1-2H3,(H,25,26)(H,22,23,24). The lowest BCUT2D eigenvalue weighted by atomic mass is 10.1. The summed E-state index contributed by atoms with van der Waals surface area (Å²) in [6.07, 6.45) is 3.00. The van der Waals surface area contributed by atoms with Gasteiger partial charge in [0.1, 0.15) is 0 Å². The number of carbonyl (C=O) groups is 1. The third-order valence-corrected chi connectivity index (χ3v) is 4.54. The van der Waals surface area contributed by atoms with Gasteiger partial charge in [-0.25, -0.2) is 9.97 Å². The van der Waals surface area contributed by atoms with E-state index in [2.05, 4.69) is 39.7 Å². The summed E-state index contributed by atoms with van der Waals surface area (Å²) in [7, 11) is 0. The van der Waals surface area contributed by atoms with Crippen LogP contribution in [-0.2, 0) is 6.54 Å². The van der Waals surface area contributed by atoms with E-state index in [0.717, 1.165) is 5.56 Å². The van der Waals surface area contributed by atoms with Crippen molar-refractivity contribution in [2.45, 2.75) is 20.4 Å². The number of halogens is 1. The first-order valence-corrected chi connectivity index (χ1v) is 8.59. The highest BCUT2D eigenvalue weighted by Crippen LogP contribution is 2.23. The largest absolute Gasteiger partial charge is 0.350 e. The van der Waals surface area contributed by atoms with Gasteiger partial charge in [-0.05, 0) is 42.7 Å². The van der Waals surface area contributed by atoms with Crippen LogP contribution in [0.15, 0.2) is 54.9 Å². The minimum absolute atomic E-state index is 0.277. The number of aromatic nitrogens is 2. The van der Waals surface area contributed by atoms with Crippen molar-refractivity contribution in [3.05, 3.63) is 82.1 Å². The Morgan fingerprint density at radius 3 is 2.50 bits per heavy atom. The topological polar surface area (TPSA) is 66.9 Å². The van der Waals surface area contributed by atoms with Crippen LogP contribution in [0.4, 0.5) is 11.6 Å². The Morgan fingerprint density at radius 1 is 1.04 bits per heavy atom. The summed E-state index contributed by atoms with van der Waals surface area (Å²) in [5, 5.41) is 6.60. The molecule has 3 rings (SSSR count). The first-order valence-electron chi connectivity index (χ1n) is 8.21. The summed E-state index contributed by atoms with van der Waals surface area (Å²) in [4.78, 5) is 20.8. The summed E-state index contributed by atoms with van der Waals surface area (Å²) in [5.41, 5.74) is 4.25. The number of anilines is 2. The van der Waals surface area contributed by atoms with Crippen molar-refractivity contribution in [2.24, 2.45) is 0 Å². The second-order valence-electron chi connectivity index (χ2n) is 5.94. The number of aryl methyl sites for hydroxylation is 1. The molecule has 1 amide bonds. The number of amides is 1. The molecule has 0 fully saturated rings. The lowest BCUT2D eigenvalue weighted by Crippen LogP contribution is -2.14. The van der Waals surface area contributed by atoms with Crippen LogP contribution in [-0.4, -0.2) is 15.9 Å². The van der Waals surface area contributed by atoms with Crippen molar-refractivity contribution in [3.8, 4) is 0 Å². The molecule has 0 bridgehead atoms. The molecule has 0 saturated heterocycles. The number of rotatable bonds is 5. The third kappa shape index (κ3) is 4.18. The van der Waals surface area contributed by atoms with E-state index in [1.807, 2.05) is 19.1 Å². The molecule has 1 heterocycles. The molecule has 0 saturated carbocycles. The van der Waals surface area contributed by atoms with Crippen LogP contribution in [0, 0.1) is 13.8 Å². The molecular weight excluding hydrogens is 348 g/mol. The average Bonchev–Trinajstić information content (AvgIpc) is 2.65. The van der Waals surface area contributed by atoms with Gasteiger partial charge in [-0.3, -0.25) is 4.79 Å². The van der Waals surface area contributed by atoms with Gasteiger partial charge in [-0.15, -0.1) is 0 Å². The normalized spacial score (nSPS) is 10.4. The van der Waals surface area contributed by atoms with Crippen LogP contribution in [0.25, 0.3) is 0 Å². The van der Waals surface area contributed by atoms with Crippen LogP contribution in [0.2, 0.25) is 5.02 Å². The second-order valence-corrected chi connectivity index (χ2v) is 6.35. The van der Waals surface area contributed by atoms with Crippen LogP contribution < -0.4 is 10.6 Å². The third-order valence-electron chi connectivity index (χ3n) is 4.13. The van der Waals surface area contributed by atoms with E-state index >= 15 is 0 Å². The van der Waals surface area contributed by atoms with Gasteiger partial charge in [0.15, 0.2) is 0 Å². The quantitative estimate of drug-likeness (QED) is 0.691. The second kappa shape index (κ2) is 7.97. The molecule has 132 valence electrons. The lowest BCUT2D eigenvalue weighted by Gasteiger charge is -2.10. The van der Waals surface area contributed by atoms with Gasteiger partial charge in [-0.1, -0.05) is 41.9 Å². The average molecular weight is 367 g/mol. The first kappa shape index (κ1) is 17.9. The zero-order valence-electron chi connectivity index (χ0n) is 14.6. The van der Waals surface area contributed by atoms with Crippen molar-refractivity contribution >= 4 is 29.1 Å². The number of nitrogens with one attached hydrogen (secondary N) is 2. The van der Waals surface area contributed by atoms with Crippen LogP contribution in [0.3, 0.4) is 0 Å². The minimum Gasteiger partial charge on any atom is -0.350 e. The van der Waals surface area contributed by atoms with Gasteiger partial charge in [0.2, 0.25) is 5.95 Å². The summed E-state index contributed by atoms with van der Waals surface area (Å²) in [6, 6.07) is 13.5. The SMILES string of the molecule is Cc1ccccc1CNc1ncc(C(=O)Nc2cccc(Cl)c2C)cn1. The molecular formula is C20H19ClN4O. The molecule has 0 aliphatic carbocycles. The van der Waals surface area contributed by atoms with Crippen molar-refractivity contribution in [2.75, 3.05) is 10.6 Å². The number of benzene rings is 2. The van der Waals surface area contributed by atoms with Gasteiger partial charge in [0.05, 0.1) is 5.56 Å². The van der Waals surface area contributed by atoms with Crippen LogP contribution >= 0.6 is 11.6 Å². The Bertz CT molecular complexity index is 925. The van der Waals surface area contributed by atoms with Gasteiger partial charge < -0.3 is 10.6 Å². The molecule has 0 aliphatic heterocycles. The van der Waals surface area contributed by atoms with Gasteiger partial charge in [0.25, 0.3) is 5.91 Å². The molecule has 3 aromatic rings. The Morgan fingerprint density at radius 2 is 1.77 bits per heavy atom. The minimum atomic E-state index is -0.277. The predicted octanol–water partition coefficient (Wildman–Crippen LogP) is 4.61. The Labute approximate surface area is 157 Å². The van der Waals surface area contributed by atoms with Crippen LogP contribution in [0.5, 0.6) is 0 Å². The molecule has 26 heavy (non-hydrogen) atoms. The summed E-state index contributed by atoms with van der Waals surface area (Å²) in [6.45, 7) is 4.54. The highest BCUT2D eigenvalue weighted by Gasteiger charge is 2.10. The fourth-order valence-corrected chi connectivity index (χ4v) is 2.63.